The zero-order valence-electron chi connectivity index (χ0n) is 8.07. The summed E-state index contributed by atoms with van der Waals surface area (Å²) in [6.07, 6.45) is 6.10. The molecular weight excluding hydrogens is 210 g/mol. The van der Waals surface area contributed by atoms with E-state index in [-0.39, 0.29) is 11.5 Å². The maximum absolute atomic E-state index is 10.8. The van der Waals surface area contributed by atoms with Crippen LogP contribution in [0.25, 0.3) is 5.95 Å². The fourth-order valence-corrected chi connectivity index (χ4v) is 1.07. The Bertz CT molecular complexity index is 531. The van der Waals surface area contributed by atoms with Crippen molar-refractivity contribution < 1.29 is 9.59 Å². The molecule has 0 aromatic carbocycles. The number of nitrogens with zero attached hydrogens (tertiary/aromatic N) is 4. The van der Waals surface area contributed by atoms with Crippen LogP contribution >= 0.6 is 0 Å². The average molecular weight is 217 g/mol. The van der Waals surface area contributed by atoms with Gasteiger partial charge in [-0.1, -0.05) is 0 Å². The molecule has 0 aliphatic rings. The Morgan fingerprint density at radius 1 is 1.31 bits per heavy atom. The normalized spacial score (nSPS) is 10.0. The Morgan fingerprint density at radius 2 is 2.00 bits per heavy atom. The van der Waals surface area contributed by atoms with Gasteiger partial charge < -0.3 is 5.73 Å². The summed E-state index contributed by atoms with van der Waals surface area (Å²) in [5, 5.41) is 3.87. The zero-order chi connectivity index (χ0) is 11.5. The summed E-state index contributed by atoms with van der Waals surface area (Å²) in [5.74, 6) is -0.311. The van der Waals surface area contributed by atoms with E-state index in [9.17, 15) is 9.59 Å². The highest BCUT2D eigenvalue weighted by molar-refractivity contribution is 5.92. The van der Waals surface area contributed by atoms with Gasteiger partial charge in [-0.3, -0.25) is 9.59 Å². The van der Waals surface area contributed by atoms with E-state index in [1.54, 1.807) is 0 Å². The zero-order valence-corrected chi connectivity index (χ0v) is 8.07. The second-order valence-corrected chi connectivity index (χ2v) is 2.97. The van der Waals surface area contributed by atoms with Gasteiger partial charge in [0.05, 0.1) is 17.3 Å². The number of carbonyl (C=O) groups is 2. The van der Waals surface area contributed by atoms with E-state index in [4.69, 9.17) is 5.73 Å². The Morgan fingerprint density at radius 3 is 2.50 bits per heavy atom. The van der Waals surface area contributed by atoms with Crippen molar-refractivity contribution in [3.8, 4) is 5.95 Å². The molecule has 1 amide bonds. The van der Waals surface area contributed by atoms with Crippen LogP contribution < -0.4 is 5.73 Å². The standard InChI is InChI=1S/C9H7N5O2/c10-8(16)7-3-13-14(4-7)9-11-1-6(5-15)2-12-9/h1-5H,(H2,10,16). The predicted molar refractivity (Wildman–Crippen MR) is 53.1 cm³/mol. The molecule has 0 atom stereocenters. The molecule has 0 aliphatic carbocycles. The summed E-state index contributed by atoms with van der Waals surface area (Å²) in [6.45, 7) is 0. The molecule has 0 radical (unpaired) electrons. The molecule has 0 aliphatic heterocycles. The Labute approximate surface area is 89.9 Å². The second-order valence-electron chi connectivity index (χ2n) is 2.97. The van der Waals surface area contributed by atoms with Crippen molar-refractivity contribution >= 4 is 12.2 Å². The van der Waals surface area contributed by atoms with Crippen LogP contribution in [0.5, 0.6) is 0 Å². The lowest BCUT2D eigenvalue weighted by Crippen LogP contribution is -2.09. The van der Waals surface area contributed by atoms with E-state index in [1.165, 1.54) is 29.5 Å². The molecule has 0 fully saturated rings. The molecule has 2 aromatic rings. The van der Waals surface area contributed by atoms with Crippen molar-refractivity contribution in [1.82, 2.24) is 19.7 Å². The van der Waals surface area contributed by atoms with Crippen LogP contribution in [0.15, 0.2) is 24.8 Å². The molecule has 0 spiro atoms. The number of nitrogens with two attached hydrogens (primary N) is 1. The van der Waals surface area contributed by atoms with Crippen molar-refractivity contribution in [1.29, 1.82) is 0 Å². The van der Waals surface area contributed by atoms with Gasteiger partial charge in [-0.05, 0) is 0 Å². The number of amides is 1. The molecular formula is C9H7N5O2. The number of primary amides is 1. The van der Waals surface area contributed by atoms with E-state index >= 15 is 0 Å². The summed E-state index contributed by atoms with van der Waals surface area (Å²) in [6, 6.07) is 0. The molecule has 2 heterocycles. The minimum absolute atomic E-state index is 0.262. The third kappa shape index (κ3) is 1.78. The van der Waals surface area contributed by atoms with Crippen molar-refractivity contribution in [2.45, 2.75) is 0 Å². The van der Waals surface area contributed by atoms with Gasteiger partial charge in [0, 0.05) is 18.6 Å². The van der Waals surface area contributed by atoms with E-state index in [1.807, 2.05) is 0 Å². The topological polar surface area (TPSA) is 104 Å². The maximum atomic E-state index is 10.8. The first-order chi connectivity index (χ1) is 7.70. The van der Waals surface area contributed by atoms with E-state index in [0.29, 0.717) is 11.8 Å². The molecule has 0 saturated heterocycles. The maximum Gasteiger partial charge on any atom is 0.251 e. The van der Waals surface area contributed by atoms with Crippen molar-refractivity contribution in [2.75, 3.05) is 0 Å². The lowest BCUT2D eigenvalue weighted by atomic mass is 10.3. The summed E-state index contributed by atoms with van der Waals surface area (Å²) in [4.78, 5) is 29.0. The quantitative estimate of drug-likeness (QED) is 0.702. The third-order valence-electron chi connectivity index (χ3n) is 1.87. The second kappa shape index (κ2) is 3.89. The highest BCUT2D eigenvalue weighted by atomic mass is 16.1. The van der Waals surface area contributed by atoms with Crippen LogP contribution in [-0.4, -0.2) is 31.9 Å². The van der Waals surface area contributed by atoms with Gasteiger partial charge in [0.1, 0.15) is 0 Å². The fourth-order valence-electron chi connectivity index (χ4n) is 1.07. The Kier molecular flexibility index (Phi) is 2.42. The van der Waals surface area contributed by atoms with Crippen molar-refractivity contribution in [3.63, 3.8) is 0 Å². The SMILES string of the molecule is NC(=O)c1cnn(-c2ncc(C=O)cn2)c1. The van der Waals surface area contributed by atoms with Crippen molar-refractivity contribution in [2.24, 2.45) is 5.73 Å². The van der Waals surface area contributed by atoms with Gasteiger partial charge in [0.15, 0.2) is 6.29 Å². The van der Waals surface area contributed by atoms with Crippen LogP contribution in [0, 0.1) is 0 Å². The molecule has 0 unspecified atom stereocenters. The highest BCUT2D eigenvalue weighted by Gasteiger charge is 2.06. The van der Waals surface area contributed by atoms with E-state index in [0.717, 1.165) is 0 Å². The van der Waals surface area contributed by atoms with Gasteiger partial charge in [-0.2, -0.15) is 5.10 Å². The van der Waals surface area contributed by atoms with Crippen LogP contribution in [0.3, 0.4) is 0 Å². The fraction of sp³-hybridized carbons (Fsp3) is 0. The molecule has 2 rings (SSSR count). The first-order valence-corrected chi connectivity index (χ1v) is 4.33. The molecule has 16 heavy (non-hydrogen) atoms. The van der Waals surface area contributed by atoms with Crippen molar-refractivity contribution in [3.05, 3.63) is 35.9 Å². The first kappa shape index (κ1) is 9.97. The lowest BCUT2D eigenvalue weighted by molar-refractivity contribution is 0.1000. The number of aldehydes is 1. The average Bonchev–Trinajstić information content (AvgIpc) is 2.78. The van der Waals surface area contributed by atoms with Gasteiger partial charge in [0.2, 0.25) is 5.95 Å². The molecule has 80 valence electrons. The van der Waals surface area contributed by atoms with Gasteiger partial charge in [-0.15, -0.1) is 0 Å². The predicted octanol–water partition coefficient (Wildman–Crippen LogP) is -0.426. The number of aromatic nitrogens is 4. The summed E-state index contributed by atoms with van der Waals surface area (Å²) < 4.78 is 1.30. The lowest BCUT2D eigenvalue weighted by Gasteiger charge is -1.97. The van der Waals surface area contributed by atoms with Gasteiger partial charge >= 0.3 is 0 Å². The third-order valence-corrected chi connectivity index (χ3v) is 1.87. The van der Waals surface area contributed by atoms with Gasteiger partial charge in [0.25, 0.3) is 5.91 Å². The molecule has 2 aromatic heterocycles. The Hall–Kier alpha value is -2.57. The molecule has 0 saturated carbocycles. The van der Waals surface area contributed by atoms with E-state index < -0.39 is 5.91 Å². The largest absolute Gasteiger partial charge is 0.366 e. The molecule has 7 nitrogen and oxygen atoms in total. The molecule has 0 bridgehead atoms. The van der Waals surface area contributed by atoms with Crippen LogP contribution in [-0.2, 0) is 0 Å². The number of rotatable bonds is 3. The van der Waals surface area contributed by atoms with Crippen LogP contribution in [0.4, 0.5) is 0 Å². The monoisotopic (exact) mass is 217 g/mol. The smallest absolute Gasteiger partial charge is 0.251 e. The number of hydrogen-bond acceptors (Lipinski definition) is 5. The number of carbonyl (C=O) groups excluding carboxylic acids is 2. The summed E-state index contributed by atoms with van der Waals surface area (Å²) in [5.41, 5.74) is 5.70. The minimum Gasteiger partial charge on any atom is -0.366 e. The summed E-state index contributed by atoms with van der Waals surface area (Å²) >= 11 is 0. The minimum atomic E-state index is -0.573. The van der Waals surface area contributed by atoms with Crippen LogP contribution in [0.2, 0.25) is 0 Å². The van der Waals surface area contributed by atoms with Gasteiger partial charge in [-0.25, -0.2) is 14.6 Å². The molecule has 7 heteroatoms. The summed E-state index contributed by atoms with van der Waals surface area (Å²) in [7, 11) is 0. The number of hydrogen-bond donors (Lipinski definition) is 1. The highest BCUT2D eigenvalue weighted by Crippen LogP contribution is 2.02. The molecule has 2 N–H and O–H groups in total. The Balaban J connectivity index is 2.35. The van der Waals surface area contributed by atoms with Crippen LogP contribution in [0.1, 0.15) is 20.7 Å². The van der Waals surface area contributed by atoms with E-state index in [2.05, 4.69) is 15.1 Å². The first-order valence-electron chi connectivity index (χ1n) is 4.33.